The first-order valence-electron chi connectivity index (χ1n) is 8.04. The van der Waals surface area contributed by atoms with Crippen LogP contribution >= 0.6 is 15.9 Å². The summed E-state index contributed by atoms with van der Waals surface area (Å²) in [6, 6.07) is 4.06. The summed E-state index contributed by atoms with van der Waals surface area (Å²) >= 11 is 3.45. The fourth-order valence-corrected chi connectivity index (χ4v) is 3.50. The van der Waals surface area contributed by atoms with E-state index in [2.05, 4.69) is 21.2 Å². The second kappa shape index (κ2) is 8.96. The topological polar surface area (TPSA) is 47.6 Å². The minimum absolute atomic E-state index is 0.0391. The van der Waals surface area contributed by atoms with E-state index in [-0.39, 0.29) is 5.91 Å². The summed E-state index contributed by atoms with van der Waals surface area (Å²) in [5.41, 5.74) is 0.880. The number of amides is 1. The van der Waals surface area contributed by atoms with Gasteiger partial charge in [0.15, 0.2) is 11.5 Å². The van der Waals surface area contributed by atoms with E-state index in [4.69, 9.17) is 9.47 Å². The van der Waals surface area contributed by atoms with Crippen molar-refractivity contribution < 1.29 is 14.3 Å². The summed E-state index contributed by atoms with van der Waals surface area (Å²) < 4.78 is 11.4. The molecule has 0 spiro atoms. The molecule has 1 saturated carbocycles. The highest BCUT2D eigenvalue weighted by atomic mass is 79.9. The number of rotatable bonds is 5. The van der Waals surface area contributed by atoms with Crippen LogP contribution in [0, 0.1) is 0 Å². The molecule has 23 heavy (non-hydrogen) atoms. The number of carbonyl (C=O) groups is 1. The van der Waals surface area contributed by atoms with Crippen molar-refractivity contribution in [1.29, 1.82) is 0 Å². The maximum atomic E-state index is 12.1. The SMILES string of the molecule is COc1cc(/C=C/C(=O)NC2CCCCCC2)cc(Br)c1OC. The number of carbonyl (C=O) groups excluding carboxylic acids is 1. The van der Waals surface area contributed by atoms with Crippen LogP contribution in [-0.4, -0.2) is 26.2 Å². The first-order valence-corrected chi connectivity index (χ1v) is 8.83. The van der Waals surface area contributed by atoms with Crippen molar-refractivity contribution in [3.05, 3.63) is 28.2 Å². The van der Waals surface area contributed by atoms with Crippen LogP contribution in [-0.2, 0) is 4.79 Å². The van der Waals surface area contributed by atoms with Gasteiger partial charge in [-0.25, -0.2) is 0 Å². The minimum Gasteiger partial charge on any atom is -0.493 e. The predicted octanol–water partition coefficient (Wildman–Crippen LogP) is 4.32. The molecular weight excluding hydrogens is 358 g/mol. The Morgan fingerprint density at radius 1 is 1.17 bits per heavy atom. The van der Waals surface area contributed by atoms with E-state index >= 15 is 0 Å². The summed E-state index contributed by atoms with van der Waals surface area (Å²) in [6.45, 7) is 0. The maximum absolute atomic E-state index is 12.1. The third-order valence-corrected chi connectivity index (χ3v) is 4.67. The highest BCUT2D eigenvalue weighted by Crippen LogP contribution is 2.36. The van der Waals surface area contributed by atoms with E-state index < -0.39 is 0 Å². The summed E-state index contributed by atoms with van der Waals surface area (Å²) in [6.07, 6.45) is 10.5. The molecule has 1 aliphatic carbocycles. The summed E-state index contributed by atoms with van der Waals surface area (Å²) in [4.78, 5) is 12.1. The normalized spacial score (nSPS) is 16.1. The van der Waals surface area contributed by atoms with Gasteiger partial charge in [-0.15, -0.1) is 0 Å². The van der Waals surface area contributed by atoms with Gasteiger partial charge in [0.05, 0.1) is 18.7 Å². The standard InChI is InChI=1S/C18H24BrNO3/c1-22-16-12-13(11-15(19)18(16)23-2)9-10-17(21)20-14-7-5-3-4-6-8-14/h9-12,14H,3-8H2,1-2H3,(H,20,21)/b10-9+. The molecule has 0 bridgehead atoms. The van der Waals surface area contributed by atoms with Crippen molar-refractivity contribution in [3.8, 4) is 11.5 Å². The summed E-state index contributed by atoms with van der Waals surface area (Å²) in [5, 5.41) is 3.10. The molecule has 126 valence electrons. The van der Waals surface area contributed by atoms with Crippen LogP contribution in [0.1, 0.15) is 44.1 Å². The summed E-state index contributed by atoms with van der Waals surface area (Å²) in [7, 11) is 3.19. The average molecular weight is 382 g/mol. The Labute approximate surface area is 146 Å². The Morgan fingerprint density at radius 3 is 2.48 bits per heavy atom. The van der Waals surface area contributed by atoms with E-state index in [1.807, 2.05) is 12.1 Å². The quantitative estimate of drug-likeness (QED) is 0.610. The zero-order chi connectivity index (χ0) is 16.7. The van der Waals surface area contributed by atoms with Crippen LogP contribution in [0.3, 0.4) is 0 Å². The molecule has 1 fully saturated rings. The van der Waals surface area contributed by atoms with E-state index in [1.165, 1.54) is 25.7 Å². The number of benzene rings is 1. The van der Waals surface area contributed by atoms with Crippen LogP contribution in [0.2, 0.25) is 0 Å². The molecule has 2 rings (SSSR count). The second-order valence-corrected chi connectivity index (χ2v) is 6.62. The third kappa shape index (κ3) is 5.27. The van der Waals surface area contributed by atoms with Gasteiger partial charge in [0.2, 0.25) is 5.91 Å². The predicted molar refractivity (Wildman–Crippen MR) is 95.9 cm³/mol. The van der Waals surface area contributed by atoms with Crippen molar-refractivity contribution in [3.63, 3.8) is 0 Å². The molecule has 0 saturated heterocycles. The van der Waals surface area contributed by atoms with E-state index in [0.29, 0.717) is 17.5 Å². The van der Waals surface area contributed by atoms with Crippen molar-refractivity contribution in [2.75, 3.05) is 14.2 Å². The van der Waals surface area contributed by atoms with Crippen LogP contribution in [0.4, 0.5) is 0 Å². The van der Waals surface area contributed by atoms with Gasteiger partial charge in [-0.2, -0.15) is 0 Å². The second-order valence-electron chi connectivity index (χ2n) is 5.77. The molecule has 1 N–H and O–H groups in total. The molecule has 0 unspecified atom stereocenters. The number of ether oxygens (including phenoxy) is 2. The third-order valence-electron chi connectivity index (χ3n) is 4.08. The lowest BCUT2D eigenvalue weighted by molar-refractivity contribution is -0.117. The minimum atomic E-state index is -0.0391. The number of nitrogens with one attached hydrogen (secondary N) is 1. The largest absolute Gasteiger partial charge is 0.493 e. The molecule has 0 aromatic heterocycles. The zero-order valence-electron chi connectivity index (χ0n) is 13.7. The van der Waals surface area contributed by atoms with Crippen molar-refractivity contribution in [2.45, 2.75) is 44.6 Å². The van der Waals surface area contributed by atoms with Gasteiger partial charge in [-0.3, -0.25) is 4.79 Å². The van der Waals surface area contributed by atoms with Crippen LogP contribution in [0.25, 0.3) is 6.08 Å². The Kier molecular flexibility index (Phi) is 6.96. The molecule has 1 aliphatic rings. The highest BCUT2D eigenvalue weighted by molar-refractivity contribution is 9.10. The lowest BCUT2D eigenvalue weighted by atomic mass is 10.1. The molecule has 0 radical (unpaired) electrons. The fourth-order valence-electron chi connectivity index (χ4n) is 2.88. The van der Waals surface area contributed by atoms with E-state index in [0.717, 1.165) is 22.9 Å². The molecule has 0 aliphatic heterocycles. The lowest BCUT2D eigenvalue weighted by Crippen LogP contribution is -2.33. The van der Waals surface area contributed by atoms with Gasteiger partial charge in [0.1, 0.15) is 0 Å². The van der Waals surface area contributed by atoms with Gasteiger partial charge in [0.25, 0.3) is 0 Å². The number of methoxy groups -OCH3 is 2. The molecule has 0 atom stereocenters. The van der Waals surface area contributed by atoms with E-state index in [9.17, 15) is 4.79 Å². The molecular formula is C18H24BrNO3. The lowest BCUT2D eigenvalue weighted by Gasteiger charge is -2.14. The van der Waals surface area contributed by atoms with Crippen molar-refractivity contribution >= 4 is 27.9 Å². The first kappa shape index (κ1) is 17.9. The van der Waals surface area contributed by atoms with Gasteiger partial charge >= 0.3 is 0 Å². The molecule has 1 aromatic carbocycles. The molecule has 4 nitrogen and oxygen atoms in total. The van der Waals surface area contributed by atoms with Crippen LogP contribution in [0.5, 0.6) is 11.5 Å². The number of halogens is 1. The Bertz CT molecular complexity index is 564. The molecule has 0 heterocycles. The van der Waals surface area contributed by atoms with E-state index in [1.54, 1.807) is 26.4 Å². The smallest absolute Gasteiger partial charge is 0.244 e. The fraction of sp³-hybridized carbons (Fsp3) is 0.500. The molecule has 5 heteroatoms. The summed E-state index contributed by atoms with van der Waals surface area (Å²) in [5.74, 6) is 1.24. The monoisotopic (exact) mass is 381 g/mol. The zero-order valence-corrected chi connectivity index (χ0v) is 15.3. The van der Waals surface area contributed by atoms with Crippen LogP contribution in [0.15, 0.2) is 22.7 Å². The Hall–Kier alpha value is -1.49. The number of hydrogen-bond donors (Lipinski definition) is 1. The maximum Gasteiger partial charge on any atom is 0.244 e. The van der Waals surface area contributed by atoms with Crippen molar-refractivity contribution in [2.24, 2.45) is 0 Å². The van der Waals surface area contributed by atoms with Gasteiger partial charge in [0, 0.05) is 12.1 Å². The molecule has 1 amide bonds. The van der Waals surface area contributed by atoms with Gasteiger partial charge < -0.3 is 14.8 Å². The van der Waals surface area contributed by atoms with Gasteiger partial charge in [-0.05, 0) is 52.5 Å². The molecule has 1 aromatic rings. The highest BCUT2D eigenvalue weighted by Gasteiger charge is 2.13. The Balaban J connectivity index is 2.01. The Morgan fingerprint density at radius 2 is 1.87 bits per heavy atom. The first-order chi connectivity index (χ1) is 11.1. The number of hydrogen-bond acceptors (Lipinski definition) is 3. The van der Waals surface area contributed by atoms with Gasteiger partial charge in [-0.1, -0.05) is 25.7 Å². The van der Waals surface area contributed by atoms with Crippen LogP contribution < -0.4 is 14.8 Å². The average Bonchev–Trinajstić information content (AvgIpc) is 2.81. The van der Waals surface area contributed by atoms with Crippen molar-refractivity contribution in [1.82, 2.24) is 5.32 Å².